The van der Waals surface area contributed by atoms with Gasteiger partial charge in [0.25, 0.3) is 0 Å². The van der Waals surface area contributed by atoms with E-state index in [1.165, 1.54) is 6.42 Å². The molecule has 0 amide bonds. The van der Waals surface area contributed by atoms with E-state index in [4.69, 9.17) is 5.11 Å². The summed E-state index contributed by atoms with van der Waals surface area (Å²) in [5.74, 6) is 0.0553. The van der Waals surface area contributed by atoms with Crippen LogP contribution in [0.15, 0.2) is 0 Å². The van der Waals surface area contributed by atoms with Gasteiger partial charge >= 0.3 is 5.97 Å². The lowest BCUT2D eigenvalue weighted by molar-refractivity contribution is -0.143. The SMILES string of the molecule is CCC(C)(C)C1CCC(C(=O)O)CC1. The van der Waals surface area contributed by atoms with Gasteiger partial charge in [-0.2, -0.15) is 0 Å². The Hall–Kier alpha value is -0.530. The van der Waals surface area contributed by atoms with Gasteiger partial charge in [-0.3, -0.25) is 4.79 Å². The fraction of sp³-hybridized carbons (Fsp3) is 0.917. The number of aliphatic carboxylic acids is 1. The molecular formula is C12H22O2. The summed E-state index contributed by atoms with van der Waals surface area (Å²) in [5, 5.41) is 8.88. The van der Waals surface area contributed by atoms with Crippen LogP contribution in [0.3, 0.4) is 0 Å². The summed E-state index contributed by atoms with van der Waals surface area (Å²) < 4.78 is 0. The summed E-state index contributed by atoms with van der Waals surface area (Å²) in [7, 11) is 0. The van der Waals surface area contributed by atoms with Crippen LogP contribution in [-0.2, 0) is 4.79 Å². The Morgan fingerprint density at radius 3 is 2.14 bits per heavy atom. The van der Waals surface area contributed by atoms with Gasteiger partial charge in [0.15, 0.2) is 0 Å². The quantitative estimate of drug-likeness (QED) is 0.755. The van der Waals surface area contributed by atoms with Crippen molar-refractivity contribution in [3.8, 4) is 0 Å². The normalized spacial score (nSPS) is 28.8. The van der Waals surface area contributed by atoms with Crippen LogP contribution in [0, 0.1) is 17.3 Å². The molecule has 0 radical (unpaired) electrons. The van der Waals surface area contributed by atoms with E-state index in [1.807, 2.05) is 0 Å². The number of carboxylic acid groups (broad SMARTS) is 1. The first kappa shape index (κ1) is 11.5. The van der Waals surface area contributed by atoms with Crippen molar-refractivity contribution in [1.82, 2.24) is 0 Å². The Balaban J connectivity index is 2.47. The molecule has 1 fully saturated rings. The van der Waals surface area contributed by atoms with Gasteiger partial charge in [-0.15, -0.1) is 0 Å². The van der Waals surface area contributed by atoms with E-state index in [0.717, 1.165) is 31.6 Å². The minimum Gasteiger partial charge on any atom is -0.481 e. The Kier molecular flexibility index (Phi) is 3.57. The van der Waals surface area contributed by atoms with E-state index in [1.54, 1.807) is 0 Å². The molecular weight excluding hydrogens is 176 g/mol. The highest BCUT2D eigenvalue weighted by Gasteiger charge is 2.33. The van der Waals surface area contributed by atoms with Crippen molar-refractivity contribution in [1.29, 1.82) is 0 Å². The molecule has 1 aliphatic carbocycles. The van der Waals surface area contributed by atoms with Crippen LogP contribution in [0.5, 0.6) is 0 Å². The molecule has 0 aliphatic heterocycles. The van der Waals surface area contributed by atoms with E-state index in [0.29, 0.717) is 5.41 Å². The fourth-order valence-electron chi connectivity index (χ4n) is 2.41. The van der Waals surface area contributed by atoms with Gasteiger partial charge in [-0.25, -0.2) is 0 Å². The van der Waals surface area contributed by atoms with Crippen LogP contribution < -0.4 is 0 Å². The maximum atomic E-state index is 10.8. The Labute approximate surface area is 86.7 Å². The van der Waals surface area contributed by atoms with Crippen LogP contribution in [-0.4, -0.2) is 11.1 Å². The van der Waals surface area contributed by atoms with Gasteiger partial charge in [0.05, 0.1) is 5.92 Å². The highest BCUT2D eigenvalue weighted by molar-refractivity contribution is 5.69. The molecule has 82 valence electrons. The van der Waals surface area contributed by atoms with Crippen molar-refractivity contribution in [3.05, 3.63) is 0 Å². The topological polar surface area (TPSA) is 37.3 Å². The number of rotatable bonds is 3. The number of hydrogen-bond acceptors (Lipinski definition) is 1. The molecule has 0 spiro atoms. The second-order valence-electron chi connectivity index (χ2n) is 5.23. The van der Waals surface area contributed by atoms with Crippen molar-refractivity contribution in [2.75, 3.05) is 0 Å². The number of carboxylic acids is 1. The average molecular weight is 198 g/mol. The van der Waals surface area contributed by atoms with E-state index >= 15 is 0 Å². The lowest BCUT2D eigenvalue weighted by Crippen LogP contribution is -2.30. The third kappa shape index (κ3) is 2.49. The Morgan fingerprint density at radius 1 is 1.29 bits per heavy atom. The summed E-state index contributed by atoms with van der Waals surface area (Å²) >= 11 is 0. The van der Waals surface area contributed by atoms with Crippen molar-refractivity contribution < 1.29 is 9.90 Å². The van der Waals surface area contributed by atoms with Gasteiger partial charge in [0, 0.05) is 0 Å². The van der Waals surface area contributed by atoms with Crippen molar-refractivity contribution in [3.63, 3.8) is 0 Å². The second kappa shape index (κ2) is 4.33. The van der Waals surface area contributed by atoms with Gasteiger partial charge < -0.3 is 5.11 Å². The molecule has 1 aliphatic rings. The maximum Gasteiger partial charge on any atom is 0.306 e. The first-order chi connectivity index (χ1) is 6.47. The fourth-order valence-corrected chi connectivity index (χ4v) is 2.41. The molecule has 14 heavy (non-hydrogen) atoms. The molecule has 0 saturated heterocycles. The predicted molar refractivity (Wildman–Crippen MR) is 57.2 cm³/mol. The Morgan fingerprint density at radius 2 is 1.79 bits per heavy atom. The highest BCUT2D eigenvalue weighted by atomic mass is 16.4. The molecule has 0 atom stereocenters. The second-order valence-corrected chi connectivity index (χ2v) is 5.23. The van der Waals surface area contributed by atoms with Crippen LogP contribution in [0.2, 0.25) is 0 Å². The van der Waals surface area contributed by atoms with Crippen LogP contribution >= 0.6 is 0 Å². The molecule has 0 heterocycles. The molecule has 0 aromatic carbocycles. The van der Waals surface area contributed by atoms with Crippen molar-refractivity contribution in [2.45, 2.75) is 52.9 Å². The molecule has 2 heteroatoms. The lowest BCUT2D eigenvalue weighted by Gasteiger charge is -2.37. The molecule has 1 saturated carbocycles. The van der Waals surface area contributed by atoms with Gasteiger partial charge in [0.2, 0.25) is 0 Å². The minimum atomic E-state index is -0.599. The largest absolute Gasteiger partial charge is 0.481 e. The predicted octanol–water partition coefficient (Wildman–Crippen LogP) is 3.31. The third-order valence-corrected chi connectivity index (χ3v) is 4.09. The first-order valence-corrected chi connectivity index (χ1v) is 5.70. The summed E-state index contributed by atoms with van der Waals surface area (Å²) in [6.07, 6.45) is 5.14. The molecule has 1 N–H and O–H groups in total. The van der Waals surface area contributed by atoms with E-state index in [-0.39, 0.29) is 5.92 Å². The lowest BCUT2D eigenvalue weighted by atomic mass is 9.67. The zero-order valence-electron chi connectivity index (χ0n) is 9.55. The zero-order chi connectivity index (χ0) is 10.8. The molecule has 0 unspecified atom stereocenters. The molecule has 0 aromatic heterocycles. The van der Waals surface area contributed by atoms with Crippen LogP contribution in [0.1, 0.15) is 52.9 Å². The van der Waals surface area contributed by atoms with E-state index in [2.05, 4.69) is 20.8 Å². The number of hydrogen-bond donors (Lipinski definition) is 1. The van der Waals surface area contributed by atoms with Crippen LogP contribution in [0.4, 0.5) is 0 Å². The summed E-state index contributed by atoms with van der Waals surface area (Å²) in [6, 6.07) is 0. The average Bonchev–Trinajstić information content (AvgIpc) is 2.18. The summed E-state index contributed by atoms with van der Waals surface area (Å²) in [5.41, 5.74) is 0.392. The zero-order valence-corrected chi connectivity index (χ0v) is 9.55. The summed E-state index contributed by atoms with van der Waals surface area (Å²) in [6.45, 7) is 6.83. The smallest absolute Gasteiger partial charge is 0.306 e. The van der Waals surface area contributed by atoms with Gasteiger partial charge in [0.1, 0.15) is 0 Å². The molecule has 0 bridgehead atoms. The first-order valence-electron chi connectivity index (χ1n) is 5.70. The van der Waals surface area contributed by atoms with E-state index in [9.17, 15) is 4.79 Å². The molecule has 2 nitrogen and oxygen atoms in total. The van der Waals surface area contributed by atoms with E-state index < -0.39 is 5.97 Å². The Bertz CT molecular complexity index is 200. The monoisotopic (exact) mass is 198 g/mol. The van der Waals surface area contributed by atoms with Crippen molar-refractivity contribution in [2.24, 2.45) is 17.3 Å². The number of carbonyl (C=O) groups is 1. The van der Waals surface area contributed by atoms with Crippen LogP contribution in [0.25, 0.3) is 0 Å². The van der Waals surface area contributed by atoms with Crippen molar-refractivity contribution >= 4 is 5.97 Å². The standard InChI is InChI=1S/C12H22O2/c1-4-12(2,3)10-7-5-9(6-8-10)11(13)14/h9-10H,4-8H2,1-3H3,(H,13,14). The summed E-state index contributed by atoms with van der Waals surface area (Å²) in [4.78, 5) is 10.8. The molecule has 1 rings (SSSR count). The minimum absolute atomic E-state index is 0.0705. The molecule has 0 aromatic rings. The van der Waals surface area contributed by atoms with Gasteiger partial charge in [-0.1, -0.05) is 27.2 Å². The maximum absolute atomic E-state index is 10.8. The highest BCUT2D eigenvalue weighted by Crippen LogP contribution is 2.41. The van der Waals surface area contributed by atoms with Gasteiger partial charge in [-0.05, 0) is 37.0 Å². The third-order valence-electron chi connectivity index (χ3n) is 4.09.